The number of imidazole rings is 1. The molecule has 4 aromatic rings. The molecule has 0 saturated carbocycles. The van der Waals surface area contributed by atoms with E-state index < -0.39 is 0 Å². The number of amides is 2. The Bertz CT molecular complexity index is 1230. The van der Waals surface area contributed by atoms with Gasteiger partial charge in [-0.15, -0.1) is 0 Å². The zero-order valence-corrected chi connectivity index (χ0v) is 18.9. The van der Waals surface area contributed by atoms with Crippen molar-refractivity contribution >= 4 is 23.2 Å². The number of nitrogens with zero attached hydrogens (tertiary/aromatic N) is 2. The number of ether oxygens (including phenoxy) is 1. The summed E-state index contributed by atoms with van der Waals surface area (Å²) in [4.78, 5) is 28.9. The van der Waals surface area contributed by atoms with Crippen LogP contribution in [0.15, 0.2) is 91.4 Å². The van der Waals surface area contributed by atoms with Crippen LogP contribution in [0, 0.1) is 0 Å². The second-order valence-corrected chi connectivity index (χ2v) is 7.84. The zero-order chi connectivity index (χ0) is 23.8. The van der Waals surface area contributed by atoms with E-state index >= 15 is 0 Å². The monoisotopic (exact) mass is 454 g/mol. The minimum absolute atomic E-state index is 0.0350. The van der Waals surface area contributed by atoms with E-state index in [2.05, 4.69) is 15.6 Å². The third kappa shape index (κ3) is 6.32. The van der Waals surface area contributed by atoms with Gasteiger partial charge in [0.05, 0.1) is 13.4 Å². The molecule has 0 unspecified atom stereocenters. The predicted molar refractivity (Wildman–Crippen MR) is 132 cm³/mol. The maximum atomic E-state index is 12.4. The van der Waals surface area contributed by atoms with Crippen molar-refractivity contribution in [3.63, 3.8) is 0 Å². The van der Waals surface area contributed by atoms with E-state index in [1.807, 2.05) is 83.4 Å². The highest BCUT2D eigenvalue weighted by atomic mass is 16.5. The lowest BCUT2D eigenvalue weighted by atomic mass is 10.1. The first kappa shape index (κ1) is 22.8. The summed E-state index contributed by atoms with van der Waals surface area (Å²) in [5.74, 6) is 0.514. The SMILES string of the molecule is COc1ccc(CCC(=O)Nc2ccc(Cn3cnc(C(=O)Nc4ccccc4)c3)cc2)cc1. The number of hydrogen-bond acceptors (Lipinski definition) is 4. The van der Waals surface area contributed by atoms with Crippen LogP contribution in [0.1, 0.15) is 28.0 Å². The van der Waals surface area contributed by atoms with Crippen LogP contribution in [-0.2, 0) is 17.8 Å². The highest BCUT2D eigenvalue weighted by Crippen LogP contribution is 2.15. The second-order valence-electron chi connectivity index (χ2n) is 7.84. The van der Waals surface area contributed by atoms with Crippen molar-refractivity contribution in [3.8, 4) is 5.75 Å². The molecular formula is C27H26N4O3. The molecule has 34 heavy (non-hydrogen) atoms. The van der Waals surface area contributed by atoms with E-state index in [-0.39, 0.29) is 11.8 Å². The van der Waals surface area contributed by atoms with Gasteiger partial charge in [0, 0.05) is 30.5 Å². The van der Waals surface area contributed by atoms with Crippen LogP contribution in [0.3, 0.4) is 0 Å². The van der Waals surface area contributed by atoms with E-state index in [1.54, 1.807) is 19.6 Å². The Labute approximate surface area is 198 Å². The van der Waals surface area contributed by atoms with Crippen LogP contribution in [-0.4, -0.2) is 28.5 Å². The Kier molecular flexibility index (Phi) is 7.35. The van der Waals surface area contributed by atoms with Gasteiger partial charge in [-0.1, -0.05) is 42.5 Å². The van der Waals surface area contributed by atoms with Gasteiger partial charge in [-0.2, -0.15) is 0 Å². The topological polar surface area (TPSA) is 85.2 Å². The molecule has 4 rings (SSSR count). The number of aromatic nitrogens is 2. The number of benzene rings is 3. The molecule has 0 aliphatic carbocycles. The van der Waals surface area contributed by atoms with Crippen LogP contribution < -0.4 is 15.4 Å². The lowest BCUT2D eigenvalue weighted by molar-refractivity contribution is -0.116. The maximum Gasteiger partial charge on any atom is 0.275 e. The summed E-state index contributed by atoms with van der Waals surface area (Å²) in [5, 5.41) is 5.76. The Balaban J connectivity index is 1.26. The first-order chi connectivity index (χ1) is 16.6. The standard InChI is InChI=1S/C27H26N4O3/c1-34-24-14-9-20(10-15-24)11-16-26(32)29-23-12-7-21(8-13-23)17-31-18-25(28-19-31)27(33)30-22-5-3-2-4-6-22/h2-10,12-15,18-19H,11,16-17H2,1H3,(H,29,32)(H,30,33). The molecule has 1 aromatic heterocycles. The Morgan fingerprint density at radius 3 is 2.24 bits per heavy atom. The fourth-order valence-corrected chi connectivity index (χ4v) is 3.46. The van der Waals surface area contributed by atoms with E-state index in [0.717, 1.165) is 28.3 Å². The van der Waals surface area contributed by atoms with Gasteiger partial charge in [0.1, 0.15) is 11.4 Å². The minimum Gasteiger partial charge on any atom is -0.497 e. The quantitative estimate of drug-likeness (QED) is 0.382. The van der Waals surface area contributed by atoms with Crippen LogP contribution in [0.4, 0.5) is 11.4 Å². The van der Waals surface area contributed by atoms with Gasteiger partial charge in [0.15, 0.2) is 0 Å². The first-order valence-corrected chi connectivity index (χ1v) is 11.0. The van der Waals surface area contributed by atoms with Crippen molar-refractivity contribution in [2.45, 2.75) is 19.4 Å². The Morgan fingerprint density at radius 2 is 1.53 bits per heavy atom. The van der Waals surface area contributed by atoms with Crippen LogP contribution in [0.2, 0.25) is 0 Å². The molecule has 1 heterocycles. The van der Waals surface area contributed by atoms with Crippen LogP contribution in [0.25, 0.3) is 0 Å². The van der Waals surface area contributed by atoms with Gasteiger partial charge < -0.3 is 19.9 Å². The van der Waals surface area contributed by atoms with Crippen LogP contribution >= 0.6 is 0 Å². The van der Waals surface area contributed by atoms with Crippen LogP contribution in [0.5, 0.6) is 5.75 Å². The number of anilines is 2. The van der Waals surface area contributed by atoms with E-state index in [0.29, 0.717) is 25.1 Å². The smallest absolute Gasteiger partial charge is 0.275 e. The molecule has 0 radical (unpaired) electrons. The molecule has 2 amide bonds. The lowest BCUT2D eigenvalue weighted by Crippen LogP contribution is -2.12. The van der Waals surface area contributed by atoms with Crippen molar-refractivity contribution < 1.29 is 14.3 Å². The summed E-state index contributed by atoms with van der Waals surface area (Å²) in [6, 6.07) is 24.6. The Hall–Kier alpha value is -4.39. The van der Waals surface area contributed by atoms with Crippen molar-refractivity contribution in [1.82, 2.24) is 9.55 Å². The van der Waals surface area contributed by atoms with Gasteiger partial charge in [-0.25, -0.2) is 4.98 Å². The molecule has 172 valence electrons. The van der Waals surface area contributed by atoms with Crippen molar-refractivity contribution in [1.29, 1.82) is 0 Å². The first-order valence-electron chi connectivity index (χ1n) is 11.0. The fourth-order valence-electron chi connectivity index (χ4n) is 3.46. The molecule has 7 heteroatoms. The molecule has 0 aliphatic heterocycles. The normalized spacial score (nSPS) is 10.5. The highest BCUT2D eigenvalue weighted by molar-refractivity contribution is 6.02. The summed E-state index contributed by atoms with van der Waals surface area (Å²) in [6.45, 7) is 0.567. The van der Waals surface area contributed by atoms with Crippen molar-refractivity contribution in [3.05, 3.63) is 108 Å². The molecule has 0 saturated heterocycles. The van der Waals surface area contributed by atoms with Crippen molar-refractivity contribution in [2.75, 3.05) is 17.7 Å². The third-order valence-electron chi connectivity index (χ3n) is 5.30. The minimum atomic E-state index is -0.252. The predicted octanol–water partition coefficient (Wildman–Crippen LogP) is 4.76. The largest absolute Gasteiger partial charge is 0.497 e. The summed E-state index contributed by atoms with van der Waals surface area (Å²) in [7, 11) is 1.63. The lowest BCUT2D eigenvalue weighted by Gasteiger charge is -2.08. The summed E-state index contributed by atoms with van der Waals surface area (Å²) >= 11 is 0. The molecule has 0 fully saturated rings. The average molecular weight is 455 g/mol. The summed E-state index contributed by atoms with van der Waals surface area (Å²) in [5.41, 5.74) is 3.94. The van der Waals surface area contributed by atoms with Gasteiger partial charge >= 0.3 is 0 Å². The van der Waals surface area contributed by atoms with Gasteiger partial charge in [0.2, 0.25) is 5.91 Å². The van der Waals surface area contributed by atoms with Gasteiger partial charge in [0.25, 0.3) is 5.91 Å². The molecule has 0 spiro atoms. The summed E-state index contributed by atoms with van der Waals surface area (Å²) < 4.78 is 7.00. The molecule has 0 bridgehead atoms. The number of carbonyl (C=O) groups is 2. The number of rotatable bonds is 9. The maximum absolute atomic E-state index is 12.4. The van der Waals surface area contributed by atoms with Crippen molar-refractivity contribution in [2.24, 2.45) is 0 Å². The zero-order valence-electron chi connectivity index (χ0n) is 18.9. The number of hydrogen-bond donors (Lipinski definition) is 2. The van der Waals surface area contributed by atoms with E-state index in [1.165, 1.54) is 0 Å². The number of aryl methyl sites for hydroxylation is 1. The van der Waals surface area contributed by atoms with E-state index in [4.69, 9.17) is 4.74 Å². The summed E-state index contributed by atoms with van der Waals surface area (Å²) in [6.07, 6.45) is 4.41. The Morgan fingerprint density at radius 1 is 0.853 bits per heavy atom. The fraction of sp³-hybridized carbons (Fsp3) is 0.148. The average Bonchev–Trinajstić information content (AvgIpc) is 3.34. The van der Waals surface area contributed by atoms with Gasteiger partial charge in [-0.3, -0.25) is 9.59 Å². The second kappa shape index (κ2) is 11.0. The molecule has 3 aromatic carbocycles. The molecule has 0 atom stereocenters. The molecular weight excluding hydrogens is 428 g/mol. The number of methoxy groups -OCH3 is 1. The molecule has 2 N–H and O–H groups in total. The molecule has 0 aliphatic rings. The third-order valence-corrected chi connectivity index (χ3v) is 5.30. The number of carbonyl (C=O) groups excluding carboxylic acids is 2. The number of para-hydroxylation sites is 1. The van der Waals surface area contributed by atoms with Gasteiger partial charge in [-0.05, 0) is 53.9 Å². The number of nitrogens with one attached hydrogen (secondary N) is 2. The highest BCUT2D eigenvalue weighted by Gasteiger charge is 2.10. The molecule has 7 nitrogen and oxygen atoms in total. The van der Waals surface area contributed by atoms with E-state index in [9.17, 15) is 9.59 Å².